The third kappa shape index (κ3) is 6.35. The van der Waals surface area contributed by atoms with Crippen LogP contribution in [-0.4, -0.2) is 32.8 Å². The van der Waals surface area contributed by atoms with Crippen molar-refractivity contribution in [2.45, 2.75) is 37.0 Å². The van der Waals surface area contributed by atoms with E-state index in [-0.39, 0.29) is 25.1 Å². The Morgan fingerprint density at radius 3 is 2.15 bits per heavy atom. The fourth-order valence-electron chi connectivity index (χ4n) is 4.02. The third-order valence-corrected chi connectivity index (χ3v) is 5.80. The quantitative estimate of drug-likeness (QED) is 0.407. The Bertz CT molecular complexity index is 973. The number of carbonyl (C=O) groups is 1. The number of alkyl halides is 6. The van der Waals surface area contributed by atoms with E-state index in [1.165, 1.54) is 0 Å². The molecule has 4 nitrogen and oxygen atoms in total. The van der Waals surface area contributed by atoms with E-state index in [2.05, 4.69) is 10.1 Å². The molecule has 0 unspecified atom stereocenters. The number of rotatable bonds is 6. The molecule has 1 N–H and O–H groups in total. The van der Waals surface area contributed by atoms with E-state index in [1.54, 1.807) is 12.1 Å². The molecule has 1 fully saturated rings. The van der Waals surface area contributed by atoms with Gasteiger partial charge in [-0.2, -0.15) is 26.3 Å². The standard InChI is InChI=1S/C23H23F6NO3.ClH/c1-32-19(31)12-15-11-17(22(24,25)26)13-18(23(27,28)29)20(15)33-14-21(7-9-30-10-8-21)16-5-3-2-4-6-16;/h2-6,11,13,30H,7-10,12,14H2,1H3;1H. The second kappa shape index (κ2) is 10.9. The summed E-state index contributed by atoms with van der Waals surface area (Å²) in [7, 11) is 1.00. The molecule has 0 aliphatic carbocycles. The number of halogens is 7. The molecular formula is C23H24ClF6NO3. The normalized spacial score (nSPS) is 15.9. The van der Waals surface area contributed by atoms with Crippen LogP contribution in [-0.2, 0) is 33.7 Å². The smallest absolute Gasteiger partial charge is 0.419 e. The first-order valence-electron chi connectivity index (χ1n) is 10.2. The van der Waals surface area contributed by atoms with Gasteiger partial charge in [-0.1, -0.05) is 30.3 Å². The molecule has 0 aromatic heterocycles. The molecule has 1 aliphatic heterocycles. The van der Waals surface area contributed by atoms with Gasteiger partial charge in [-0.3, -0.25) is 4.79 Å². The first kappa shape index (κ1) is 27.8. The minimum atomic E-state index is -5.13. The first-order valence-corrected chi connectivity index (χ1v) is 10.2. The van der Waals surface area contributed by atoms with Gasteiger partial charge >= 0.3 is 18.3 Å². The minimum absolute atomic E-state index is 0. The summed E-state index contributed by atoms with van der Waals surface area (Å²) < 4.78 is 91.6. The predicted octanol–water partition coefficient (Wildman–Crippen LogP) is 5.56. The number of hydrogen-bond acceptors (Lipinski definition) is 4. The fraction of sp³-hybridized carbons (Fsp3) is 0.435. The van der Waals surface area contributed by atoms with Gasteiger partial charge in [0.2, 0.25) is 0 Å². The van der Waals surface area contributed by atoms with Crippen molar-refractivity contribution >= 4 is 18.4 Å². The van der Waals surface area contributed by atoms with Gasteiger partial charge in [0, 0.05) is 11.0 Å². The molecule has 0 bridgehead atoms. The lowest BCUT2D eigenvalue weighted by molar-refractivity contribution is -0.145. The molecule has 1 heterocycles. The number of benzene rings is 2. The molecule has 3 rings (SSSR count). The maximum absolute atomic E-state index is 13.8. The molecule has 1 saturated heterocycles. The van der Waals surface area contributed by atoms with Crippen molar-refractivity contribution in [1.29, 1.82) is 0 Å². The highest BCUT2D eigenvalue weighted by atomic mass is 35.5. The molecule has 0 spiro atoms. The van der Waals surface area contributed by atoms with Crippen molar-refractivity contribution < 1.29 is 40.6 Å². The molecule has 1 aliphatic rings. The number of ether oxygens (including phenoxy) is 2. The van der Waals surface area contributed by atoms with E-state index < -0.39 is 52.6 Å². The number of piperidine rings is 1. The summed E-state index contributed by atoms with van der Waals surface area (Å²) in [4.78, 5) is 11.8. The van der Waals surface area contributed by atoms with Crippen molar-refractivity contribution in [2.75, 3.05) is 26.8 Å². The van der Waals surface area contributed by atoms with Crippen LogP contribution in [0.2, 0.25) is 0 Å². The van der Waals surface area contributed by atoms with Crippen LogP contribution in [0.5, 0.6) is 5.75 Å². The van der Waals surface area contributed by atoms with Crippen LogP contribution in [0.4, 0.5) is 26.3 Å². The Labute approximate surface area is 199 Å². The zero-order valence-electron chi connectivity index (χ0n) is 18.2. The monoisotopic (exact) mass is 511 g/mol. The summed E-state index contributed by atoms with van der Waals surface area (Å²) in [6.45, 7) is 1.01. The maximum Gasteiger partial charge on any atom is 0.419 e. The minimum Gasteiger partial charge on any atom is -0.492 e. The van der Waals surface area contributed by atoms with E-state index in [0.717, 1.165) is 12.7 Å². The highest BCUT2D eigenvalue weighted by molar-refractivity contribution is 5.85. The third-order valence-electron chi connectivity index (χ3n) is 5.80. The number of nitrogens with one attached hydrogen (secondary N) is 1. The van der Waals surface area contributed by atoms with E-state index in [4.69, 9.17) is 4.74 Å². The molecule has 34 heavy (non-hydrogen) atoms. The summed E-state index contributed by atoms with van der Waals surface area (Å²) >= 11 is 0. The average Bonchev–Trinajstić information content (AvgIpc) is 2.77. The lowest BCUT2D eigenvalue weighted by Gasteiger charge is -2.38. The molecule has 0 saturated carbocycles. The van der Waals surface area contributed by atoms with Crippen LogP contribution in [0.15, 0.2) is 42.5 Å². The van der Waals surface area contributed by atoms with Crippen molar-refractivity contribution in [3.63, 3.8) is 0 Å². The second-order valence-electron chi connectivity index (χ2n) is 7.95. The zero-order chi connectivity index (χ0) is 24.3. The van der Waals surface area contributed by atoms with Gasteiger partial charge in [0.25, 0.3) is 0 Å². The van der Waals surface area contributed by atoms with Crippen LogP contribution < -0.4 is 10.1 Å². The largest absolute Gasteiger partial charge is 0.492 e. The van der Waals surface area contributed by atoms with E-state index in [9.17, 15) is 31.1 Å². The highest BCUT2D eigenvalue weighted by Crippen LogP contribution is 2.44. The molecule has 0 radical (unpaired) electrons. The highest BCUT2D eigenvalue weighted by Gasteiger charge is 2.42. The summed E-state index contributed by atoms with van der Waals surface area (Å²) in [5.41, 5.74) is -3.39. The molecule has 0 amide bonds. The predicted molar refractivity (Wildman–Crippen MR) is 115 cm³/mol. The van der Waals surface area contributed by atoms with Gasteiger partial charge in [0.15, 0.2) is 0 Å². The lowest BCUT2D eigenvalue weighted by atomic mass is 9.74. The van der Waals surface area contributed by atoms with Gasteiger partial charge in [0.1, 0.15) is 5.75 Å². The fourth-order valence-corrected chi connectivity index (χ4v) is 4.02. The SMILES string of the molecule is COC(=O)Cc1cc(C(F)(F)F)cc(C(F)(F)F)c1OCC1(c2ccccc2)CCNCC1.Cl. The van der Waals surface area contributed by atoms with Gasteiger partial charge in [-0.05, 0) is 43.6 Å². The number of methoxy groups -OCH3 is 1. The van der Waals surface area contributed by atoms with Crippen molar-refractivity contribution in [3.05, 3.63) is 64.7 Å². The van der Waals surface area contributed by atoms with Gasteiger partial charge < -0.3 is 14.8 Å². The Kier molecular flexibility index (Phi) is 8.87. The molecule has 2 aromatic carbocycles. The van der Waals surface area contributed by atoms with Crippen molar-refractivity contribution in [1.82, 2.24) is 5.32 Å². The molecule has 11 heteroatoms. The molecular weight excluding hydrogens is 488 g/mol. The second-order valence-corrected chi connectivity index (χ2v) is 7.95. The van der Waals surface area contributed by atoms with Gasteiger partial charge in [0.05, 0.1) is 31.3 Å². The van der Waals surface area contributed by atoms with Gasteiger partial charge in [-0.25, -0.2) is 0 Å². The number of carbonyl (C=O) groups excluding carboxylic acids is 1. The van der Waals surface area contributed by atoms with Crippen LogP contribution in [0.1, 0.15) is 35.1 Å². The summed E-state index contributed by atoms with van der Waals surface area (Å²) in [6.07, 6.45) is -9.84. The molecule has 0 atom stereocenters. The average molecular weight is 512 g/mol. The zero-order valence-corrected chi connectivity index (χ0v) is 19.0. The lowest BCUT2D eigenvalue weighted by Crippen LogP contribution is -2.44. The Morgan fingerprint density at radius 1 is 1.00 bits per heavy atom. The molecule has 2 aromatic rings. The number of esters is 1. The van der Waals surface area contributed by atoms with Gasteiger partial charge in [-0.15, -0.1) is 12.4 Å². The molecule has 188 valence electrons. The van der Waals surface area contributed by atoms with Crippen LogP contribution in [0.3, 0.4) is 0 Å². The Balaban J connectivity index is 0.00000408. The van der Waals surface area contributed by atoms with Crippen LogP contribution in [0, 0.1) is 0 Å². The Morgan fingerprint density at radius 2 is 1.62 bits per heavy atom. The van der Waals surface area contributed by atoms with E-state index >= 15 is 0 Å². The van der Waals surface area contributed by atoms with Crippen LogP contribution >= 0.6 is 12.4 Å². The first-order chi connectivity index (χ1) is 15.5. The van der Waals surface area contributed by atoms with Crippen molar-refractivity contribution in [3.8, 4) is 5.75 Å². The topological polar surface area (TPSA) is 47.6 Å². The summed E-state index contributed by atoms with van der Waals surface area (Å²) in [5.74, 6) is -1.76. The summed E-state index contributed by atoms with van der Waals surface area (Å²) in [6, 6.07) is 9.66. The maximum atomic E-state index is 13.8. The van der Waals surface area contributed by atoms with E-state index in [0.29, 0.717) is 32.0 Å². The Hall–Kier alpha value is -2.46. The van der Waals surface area contributed by atoms with Crippen LogP contribution in [0.25, 0.3) is 0 Å². The van der Waals surface area contributed by atoms with E-state index in [1.807, 2.05) is 18.2 Å². The number of hydrogen-bond donors (Lipinski definition) is 1. The van der Waals surface area contributed by atoms with Crippen molar-refractivity contribution in [2.24, 2.45) is 0 Å². The summed E-state index contributed by atoms with van der Waals surface area (Å²) in [5, 5.41) is 3.19.